The van der Waals surface area contributed by atoms with Crippen molar-refractivity contribution in [1.82, 2.24) is 5.32 Å². The molecule has 1 N–H and O–H groups in total. The van der Waals surface area contributed by atoms with Crippen LogP contribution in [0.25, 0.3) is 0 Å². The number of nitrogens with one attached hydrogen (secondary N) is 1. The van der Waals surface area contributed by atoms with E-state index >= 15 is 0 Å². The molecule has 1 heterocycles. The standard InChI is InChI=1S/C15H16INOS/c1-2-17-13(8-11-6-4-3-5-7-11)15(18)12-9-14(16)19-10-12/h3-7,9-10,13,17H,2,8H2,1H3/t13-/m0/s1. The maximum Gasteiger partial charge on any atom is 0.180 e. The fraction of sp³-hybridized carbons (Fsp3) is 0.267. The van der Waals surface area contributed by atoms with Gasteiger partial charge in [-0.15, -0.1) is 11.3 Å². The molecule has 1 atom stereocenters. The van der Waals surface area contributed by atoms with Crippen LogP contribution in [0.3, 0.4) is 0 Å². The van der Waals surface area contributed by atoms with Crippen molar-refractivity contribution < 1.29 is 4.79 Å². The van der Waals surface area contributed by atoms with Crippen molar-refractivity contribution in [2.45, 2.75) is 19.4 Å². The topological polar surface area (TPSA) is 29.1 Å². The lowest BCUT2D eigenvalue weighted by molar-refractivity contribution is 0.0944. The van der Waals surface area contributed by atoms with E-state index in [2.05, 4.69) is 40.0 Å². The predicted octanol–water partition coefficient (Wildman–Crippen LogP) is 3.76. The van der Waals surface area contributed by atoms with Crippen LogP contribution in [0.15, 0.2) is 41.8 Å². The summed E-state index contributed by atoms with van der Waals surface area (Å²) < 4.78 is 1.15. The van der Waals surface area contributed by atoms with Gasteiger partial charge in [-0.2, -0.15) is 0 Å². The molecule has 0 aliphatic heterocycles. The zero-order chi connectivity index (χ0) is 13.7. The maximum absolute atomic E-state index is 12.5. The number of carbonyl (C=O) groups is 1. The number of carbonyl (C=O) groups excluding carboxylic acids is 1. The average molecular weight is 385 g/mol. The van der Waals surface area contributed by atoms with E-state index in [1.807, 2.05) is 36.6 Å². The number of halogens is 1. The molecule has 19 heavy (non-hydrogen) atoms. The molecule has 0 radical (unpaired) electrons. The van der Waals surface area contributed by atoms with E-state index in [0.717, 1.165) is 21.4 Å². The van der Waals surface area contributed by atoms with Crippen molar-refractivity contribution in [2.75, 3.05) is 6.54 Å². The fourth-order valence-corrected chi connectivity index (χ4v) is 3.33. The molecule has 0 saturated carbocycles. The van der Waals surface area contributed by atoms with Crippen molar-refractivity contribution in [3.05, 3.63) is 55.8 Å². The van der Waals surface area contributed by atoms with Crippen molar-refractivity contribution >= 4 is 39.7 Å². The summed E-state index contributed by atoms with van der Waals surface area (Å²) in [4.78, 5) is 12.5. The average Bonchev–Trinajstić information content (AvgIpc) is 2.85. The molecule has 2 rings (SSSR count). The first-order valence-corrected chi connectivity index (χ1v) is 8.22. The Morgan fingerprint density at radius 3 is 2.68 bits per heavy atom. The maximum atomic E-state index is 12.5. The van der Waals surface area contributed by atoms with Crippen LogP contribution in [0.5, 0.6) is 0 Å². The zero-order valence-electron chi connectivity index (χ0n) is 10.7. The highest BCUT2D eigenvalue weighted by atomic mass is 127. The second-order valence-corrected chi connectivity index (χ2v) is 7.11. The van der Waals surface area contributed by atoms with Crippen molar-refractivity contribution in [2.24, 2.45) is 0 Å². The van der Waals surface area contributed by atoms with Crippen LogP contribution in [0.2, 0.25) is 0 Å². The lowest BCUT2D eigenvalue weighted by Crippen LogP contribution is -2.38. The molecule has 2 nitrogen and oxygen atoms in total. The minimum absolute atomic E-state index is 0.141. The van der Waals surface area contributed by atoms with Gasteiger partial charge in [0.15, 0.2) is 5.78 Å². The molecule has 1 aromatic heterocycles. The molecule has 0 spiro atoms. The minimum atomic E-state index is -0.141. The Labute approximate surface area is 131 Å². The summed E-state index contributed by atoms with van der Waals surface area (Å²) in [6, 6.07) is 12.0. The van der Waals surface area contributed by atoms with Crippen LogP contribution in [-0.2, 0) is 6.42 Å². The molecule has 0 unspecified atom stereocenters. The van der Waals surface area contributed by atoms with Crippen molar-refractivity contribution in [3.8, 4) is 0 Å². The highest BCUT2D eigenvalue weighted by Crippen LogP contribution is 2.19. The molecule has 1 aromatic carbocycles. The van der Waals surface area contributed by atoms with Gasteiger partial charge in [0.2, 0.25) is 0 Å². The summed E-state index contributed by atoms with van der Waals surface area (Å²) in [6.07, 6.45) is 0.736. The molecular weight excluding hydrogens is 369 g/mol. The van der Waals surface area contributed by atoms with Gasteiger partial charge in [0.05, 0.1) is 8.93 Å². The Kier molecular flexibility index (Phi) is 5.54. The third-order valence-electron chi connectivity index (χ3n) is 2.90. The Bertz CT molecular complexity index is 538. The van der Waals surface area contributed by atoms with Crippen LogP contribution in [0, 0.1) is 2.88 Å². The number of Topliss-reactive ketones (excluding diaryl/α,β-unsaturated/α-hetero) is 1. The smallest absolute Gasteiger partial charge is 0.180 e. The number of benzene rings is 1. The second-order valence-electron chi connectivity index (χ2n) is 4.30. The van der Waals surface area contributed by atoms with E-state index in [1.54, 1.807) is 11.3 Å². The zero-order valence-corrected chi connectivity index (χ0v) is 13.7. The summed E-state index contributed by atoms with van der Waals surface area (Å²) in [5.74, 6) is 0.185. The van der Waals surface area contributed by atoms with Crippen LogP contribution in [-0.4, -0.2) is 18.4 Å². The van der Waals surface area contributed by atoms with E-state index in [-0.39, 0.29) is 11.8 Å². The lowest BCUT2D eigenvalue weighted by atomic mass is 9.99. The van der Waals surface area contributed by atoms with Gasteiger partial charge in [-0.25, -0.2) is 0 Å². The molecule has 0 bridgehead atoms. The normalized spacial score (nSPS) is 12.3. The minimum Gasteiger partial charge on any atom is -0.307 e. The fourth-order valence-electron chi connectivity index (χ4n) is 1.99. The van der Waals surface area contributed by atoms with Gasteiger partial charge in [-0.3, -0.25) is 4.79 Å². The van der Waals surface area contributed by atoms with Gasteiger partial charge in [0.1, 0.15) is 0 Å². The molecule has 2 aromatic rings. The number of likely N-dealkylation sites (N-methyl/N-ethyl adjacent to an activating group) is 1. The van der Waals surface area contributed by atoms with Crippen LogP contribution >= 0.6 is 33.9 Å². The first kappa shape index (κ1) is 14.7. The molecule has 4 heteroatoms. The van der Waals surface area contributed by atoms with E-state index in [1.165, 1.54) is 5.56 Å². The Morgan fingerprint density at radius 2 is 2.11 bits per heavy atom. The summed E-state index contributed by atoms with van der Waals surface area (Å²) in [7, 11) is 0. The number of hydrogen-bond donors (Lipinski definition) is 1. The van der Waals surface area contributed by atoms with Crippen LogP contribution < -0.4 is 5.32 Å². The van der Waals surface area contributed by atoms with E-state index in [0.29, 0.717) is 0 Å². The molecule has 0 aliphatic carbocycles. The summed E-state index contributed by atoms with van der Waals surface area (Å²) in [5, 5.41) is 5.24. The summed E-state index contributed by atoms with van der Waals surface area (Å²) in [6.45, 7) is 2.83. The van der Waals surface area contributed by atoms with Crippen molar-refractivity contribution in [3.63, 3.8) is 0 Å². The van der Waals surface area contributed by atoms with Gasteiger partial charge in [-0.1, -0.05) is 37.3 Å². The molecular formula is C15H16INOS. The summed E-state index contributed by atoms with van der Waals surface area (Å²) in [5.41, 5.74) is 2.00. The Morgan fingerprint density at radius 1 is 1.37 bits per heavy atom. The SMILES string of the molecule is CCN[C@@H](Cc1ccccc1)C(=O)c1csc(I)c1. The second kappa shape index (κ2) is 7.17. The van der Waals surface area contributed by atoms with E-state index in [9.17, 15) is 4.79 Å². The van der Waals surface area contributed by atoms with Crippen LogP contribution in [0.4, 0.5) is 0 Å². The highest BCUT2D eigenvalue weighted by Gasteiger charge is 2.20. The summed E-state index contributed by atoms with van der Waals surface area (Å²) >= 11 is 3.86. The predicted molar refractivity (Wildman–Crippen MR) is 89.0 cm³/mol. The van der Waals surface area contributed by atoms with Gasteiger partial charge >= 0.3 is 0 Å². The first-order chi connectivity index (χ1) is 9.20. The molecule has 0 aliphatic rings. The molecule has 0 saturated heterocycles. The third kappa shape index (κ3) is 4.12. The van der Waals surface area contributed by atoms with E-state index in [4.69, 9.17) is 0 Å². The largest absolute Gasteiger partial charge is 0.307 e. The quantitative estimate of drug-likeness (QED) is 0.606. The number of thiophene rings is 1. The highest BCUT2D eigenvalue weighted by molar-refractivity contribution is 14.1. The third-order valence-corrected chi connectivity index (χ3v) is 4.69. The van der Waals surface area contributed by atoms with Crippen LogP contribution in [0.1, 0.15) is 22.8 Å². The Balaban J connectivity index is 2.13. The molecule has 0 fully saturated rings. The first-order valence-electron chi connectivity index (χ1n) is 6.26. The monoisotopic (exact) mass is 385 g/mol. The van der Waals surface area contributed by atoms with Gasteiger partial charge in [0, 0.05) is 10.9 Å². The molecule has 100 valence electrons. The van der Waals surface area contributed by atoms with Gasteiger partial charge in [0.25, 0.3) is 0 Å². The lowest BCUT2D eigenvalue weighted by Gasteiger charge is -2.16. The van der Waals surface area contributed by atoms with Gasteiger partial charge in [-0.05, 0) is 47.2 Å². The van der Waals surface area contributed by atoms with Crippen molar-refractivity contribution in [1.29, 1.82) is 0 Å². The Hall–Kier alpha value is -0.720. The number of ketones is 1. The van der Waals surface area contributed by atoms with Gasteiger partial charge < -0.3 is 5.32 Å². The van der Waals surface area contributed by atoms with E-state index < -0.39 is 0 Å². The number of rotatable bonds is 6. The number of hydrogen-bond acceptors (Lipinski definition) is 3. The molecule has 0 amide bonds.